The predicted octanol–water partition coefficient (Wildman–Crippen LogP) is 2.95. The van der Waals surface area contributed by atoms with Crippen LogP contribution in [0, 0.1) is 12.7 Å². The first-order chi connectivity index (χ1) is 7.66. The summed E-state index contributed by atoms with van der Waals surface area (Å²) in [6, 6.07) is 3.48. The summed E-state index contributed by atoms with van der Waals surface area (Å²) >= 11 is 6.07. The Bertz CT molecular complexity index is 376. The third-order valence-corrected chi connectivity index (χ3v) is 3.22. The third-order valence-electron chi connectivity index (χ3n) is 2.90. The molecule has 0 amide bonds. The maximum atomic E-state index is 13.4. The zero-order valence-corrected chi connectivity index (χ0v) is 10.1. The molecule has 0 saturated carbocycles. The van der Waals surface area contributed by atoms with E-state index in [1.807, 2.05) is 0 Å². The van der Waals surface area contributed by atoms with Crippen molar-refractivity contribution in [1.82, 2.24) is 5.32 Å². The molecule has 1 fully saturated rings. The van der Waals surface area contributed by atoms with Gasteiger partial charge in [-0.25, -0.2) is 4.39 Å². The Morgan fingerprint density at radius 1 is 1.50 bits per heavy atom. The fraction of sp³-hybridized carbons (Fsp3) is 0.500. The van der Waals surface area contributed by atoms with Crippen LogP contribution in [0.5, 0.6) is 0 Å². The Labute approximate surface area is 100 Å². The number of anilines is 1. The second-order valence-corrected chi connectivity index (χ2v) is 4.68. The number of halogens is 2. The number of aryl methyl sites for hydroxylation is 1. The van der Waals surface area contributed by atoms with E-state index in [9.17, 15) is 4.39 Å². The van der Waals surface area contributed by atoms with Gasteiger partial charge in [0, 0.05) is 12.6 Å². The minimum Gasteiger partial charge on any atom is -0.380 e. The van der Waals surface area contributed by atoms with Crippen LogP contribution < -0.4 is 10.6 Å². The van der Waals surface area contributed by atoms with Gasteiger partial charge in [-0.3, -0.25) is 0 Å². The van der Waals surface area contributed by atoms with E-state index in [1.54, 1.807) is 13.0 Å². The Morgan fingerprint density at radius 3 is 3.00 bits per heavy atom. The highest BCUT2D eigenvalue weighted by Crippen LogP contribution is 2.26. The first-order valence-corrected chi connectivity index (χ1v) is 5.97. The molecule has 1 aromatic rings. The number of piperidine rings is 1. The second-order valence-electron chi connectivity index (χ2n) is 4.27. The highest BCUT2D eigenvalue weighted by Gasteiger charge is 2.14. The van der Waals surface area contributed by atoms with Crippen LogP contribution >= 0.6 is 11.6 Å². The van der Waals surface area contributed by atoms with E-state index in [-0.39, 0.29) is 5.82 Å². The average Bonchev–Trinajstić information content (AvgIpc) is 2.27. The Morgan fingerprint density at radius 2 is 2.31 bits per heavy atom. The Balaban J connectivity index is 2.11. The largest absolute Gasteiger partial charge is 0.380 e. The molecular formula is C12H16ClFN2. The maximum Gasteiger partial charge on any atom is 0.128 e. The lowest BCUT2D eigenvalue weighted by Gasteiger charge is -2.25. The molecule has 88 valence electrons. The Kier molecular flexibility index (Phi) is 3.66. The van der Waals surface area contributed by atoms with Crippen molar-refractivity contribution >= 4 is 17.3 Å². The van der Waals surface area contributed by atoms with E-state index < -0.39 is 0 Å². The van der Waals surface area contributed by atoms with Crippen molar-refractivity contribution in [3.63, 3.8) is 0 Å². The smallest absolute Gasteiger partial charge is 0.128 e. The van der Waals surface area contributed by atoms with Gasteiger partial charge in [0.2, 0.25) is 0 Å². The van der Waals surface area contributed by atoms with Crippen molar-refractivity contribution < 1.29 is 4.39 Å². The number of benzene rings is 1. The topological polar surface area (TPSA) is 24.1 Å². The van der Waals surface area contributed by atoms with Gasteiger partial charge in [0.05, 0.1) is 10.7 Å². The van der Waals surface area contributed by atoms with Gasteiger partial charge in [0.25, 0.3) is 0 Å². The molecule has 0 bridgehead atoms. The molecule has 2 N–H and O–H groups in total. The van der Waals surface area contributed by atoms with Gasteiger partial charge in [-0.2, -0.15) is 0 Å². The zero-order chi connectivity index (χ0) is 11.5. The lowest BCUT2D eigenvalue weighted by molar-refractivity contribution is 0.479. The summed E-state index contributed by atoms with van der Waals surface area (Å²) in [4.78, 5) is 0. The van der Waals surface area contributed by atoms with E-state index in [0.717, 1.165) is 25.9 Å². The predicted molar refractivity (Wildman–Crippen MR) is 65.7 cm³/mol. The van der Waals surface area contributed by atoms with Crippen LogP contribution in [0.4, 0.5) is 10.1 Å². The van der Waals surface area contributed by atoms with E-state index >= 15 is 0 Å². The molecule has 2 nitrogen and oxygen atoms in total. The normalized spacial score (nSPS) is 20.8. The van der Waals surface area contributed by atoms with E-state index in [0.29, 0.717) is 22.3 Å². The molecule has 0 aromatic heterocycles. The fourth-order valence-electron chi connectivity index (χ4n) is 1.95. The van der Waals surface area contributed by atoms with Crippen molar-refractivity contribution in [1.29, 1.82) is 0 Å². The van der Waals surface area contributed by atoms with Crippen LogP contribution in [0.1, 0.15) is 18.4 Å². The minimum absolute atomic E-state index is 0.212. The van der Waals surface area contributed by atoms with Crippen LogP contribution in [-0.2, 0) is 0 Å². The molecule has 2 rings (SSSR count). The van der Waals surface area contributed by atoms with Gasteiger partial charge in [-0.1, -0.05) is 11.6 Å². The molecule has 1 aliphatic heterocycles. The van der Waals surface area contributed by atoms with Crippen LogP contribution in [0.2, 0.25) is 5.02 Å². The maximum absolute atomic E-state index is 13.4. The molecule has 1 unspecified atom stereocenters. The monoisotopic (exact) mass is 242 g/mol. The Hall–Kier alpha value is -0.800. The first-order valence-electron chi connectivity index (χ1n) is 5.59. The van der Waals surface area contributed by atoms with Crippen molar-refractivity contribution in [2.45, 2.75) is 25.8 Å². The number of nitrogens with one attached hydrogen (secondary N) is 2. The molecule has 1 atom stereocenters. The summed E-state index contributed by atoms with van der Waals surface area (Å²) in [6.45, 7) is 3.69. The van der Waals surface area contributed by atoms with E-state index in [2.05, 4.69) is 10.6 Å². The fourth-order valence-corrected chi connectivity index (χ4v) is 2.22. The standard InChI is InChI=1S/C12H16ClFN2/c1-8-5-10(13)12(6-11(8)14)16-9-3-2-4-15-7-9/h5-6,9,15-16H,2-4,7H2,1H3. The minimum atomic E-state index is -0.212. The highest BCUT2D eigenvalue weighted by molar-refractivity contribution is 6.33. The van der Waals surface area contributed by atoms with Gasteiger partial charge >= 0.3 is 0 Å². The van der Waals surface area contributed by atoms with Crippen LogP contribution in [0.15, 0.2) is 12.1 Å². The lowest BCUT2D eigenvalue weighted by Crippen LogP contribution is -2.38. The lowest BCUT2D eigenvalue weighted by atomic mass is 10.1. The van der Waals surface area contributed by atoms with Crippen LogP contribution in [0.3, 0.4) is 0 Å². The second kappa shape index (κ2) is 5.02. The van der Waals surface area contributed by atoms with Crippen LogP contribution in [-0.4, -0.2) is 19.1 Å². The SMILES string of the molecule is Cc1cc(Cl)c(NC2CCCNC2)cc1F. The molecule has 4 heteroatoms. The van der Waals surface area contributed by atoms with Gasteiger partial charge in [0.1, 0.15) is 5.82 Å². The molecule has 16 heavy (non-hydrogen) atoms. The molecule has 1 heterocycles. The van der Waals surface area contributed by atoms with Crippen molar-refractivity contribution in [2.75, 3.05) is 18.4 Å². The number of hydrogen-bond acceptors (Lipinski definition) is 2. The van der Waals surface area contributed by atoms with Crippen molar-refractivity contribution in [3.05, 3.63) is 28.5 Å². The summed E-state index contributed by atoms with van der Waals surface area (Å²) in [5.41, 5.74) is 1.27. The number of hydrogen-bond donors (Lipinski definition) is 2. The zero-order valence-electron chi connectivity index (χ0n) is 9.32. The van der Waals surface area contributed by atoms with E-state index in [1.165, 1.54) is 6.07 Å². The molecule has 1 aliphatic rings. The third kappa shape index (κ3) is 2.66. The van der Waals surface area contributed by atoms with Gasteiger partial charge in [-0.15, -0.1) is 0 Å². The van der Waals surface area contributed by atoms with Gasteiger partial charge in [-0.05, 0) is 44.0 Å². The van der Waals surface area contributed by atoms with Crippen LogP contribution in [0.25, 0.3) is 0 Å². The quantitative estimate of drug-likeness (QED) is 0.833. The van der Waals surface area contributed by atoms with Crippen molar-refractivity contribution in [3.8, 4) is 0 Å². The molecular weight excluding hydrogens is 227 g/mol. The molecule has 1 saturated heterocycles. The molecule has 0 radical (unpaired) electrons. The summed E-state index contributed by atoms with van der Waals surface area (Å²) < 4.78 is 13.4. The summed E-state index contributed by atoms with van der Waals surface area (Å²) in [6.07, 6.45) is 2.24. The van der Waals surface area contributed by atoms with Crippen molar-refractivity contribution in [2.24, 2.45) is 0 Å². The number of rotatable bonds is 2. The summed E-state index contributed by atoms with van der Waals surface area (Å²) in [5, 5.41) is 7.17. The highest BCUT2D eigenvalue weighted by atomic mass is 35.5. The summed E-state index contributed by atoms with van der Waals surface area (Å²) in [5.74, 6) is -0.212. The van der Waals surface area contributed by atoms with Gasteiger partial charge in [0.15, 0.2) is 0 Å². The average molecular weight is 243 g/mol. The summed E-state index contributed by atoms with van der Waals surface area (Å²) in [7, 11) is 0. The first kappa shape index (κ1) is 11.7. The molecule has 0 spiro atoms. The molecule has 1 aromatic carbocycles. The molecule has 0 aliphatic carbocycles. The van der Waals surface area contributed by atoms with Gasteiger partial charge < -0.3 is 10.6 Å². The van der Waals surface area contributed by atoms with E-state index in [4.69, 9.17) is 11.6 Å².